The van der Waals surface area contributed by atoms with Crippen LogP contribution in [-0.2, 0) is 0 Å². The maximum Gasteiger partial charge on any atom is 0.156 e. The lowest BCUT2D eigenvalue weighted by Crippen LogP contribution is -2.18. The van der Waals surface area contributed by atoms with Crippen molar-refractivity contribution < 1.29 is 0 Å². The Morgan fingerprint density at radius 1 is 1.50 bits per heavy atom. The normalized spacial score (nSPS) is 19.3. The Balaban J connectivity index is 2.29. The third-order valence-corrected chi connectivity index (χ3v) is 2.55. The molecule has 1 saturated heterocycles. The summed E-state index contributed by atoms with van der Waals surface area (Å²) in [7, 11) is 2.09. The highest BCUT2D eigenvalue weighted by atomic mass is 15.2. The van der Waals surface area contributed by atoms with Crippen molar-refractivity contribution in [3.8, 4) is 0 Å². The Bertz CT molecular complexity index is 357. The molecule has 1 fully saturated rings. The lowest BCUT2D eigenvalue weighted by atomic mass is 10.3. The molecule has 2 rings (SSSR count). The molecule has 3 heteroatoms. The Morgan fingerprint density at radius 2 is 2.36 bits per heavy atom. The van der Waals surface area contributed by atoms with Gasteiger partial charge in [-0.1, -0.05) is 6.07 Å². The summed E-state index contributed by atoms with van der Waals surface area (Å²) in [5.74, 6) is 2.02. The van der Waals surface area contributed by atoms with Crippen LogP contribution in [0.1, 0.15) is 18.4 Å². The fraction of sp³-hybridized carbons (Fsp3) is 0.455. The Morgan fingerprint density at radius 3 is 3.00 bits per heavy atom. The van der Waals surface area contributed by atoms with Crippen molar-refractivity contribution in [2.24, 2.45) is 4.99 Å². The number of hydrogen-bond acceptors (Lipinski definition) is 2. The second-order valence-electron chi connectivity index (χ2n) is 3.70. The van der Waals surface area contributed by atoms with E-state index in [1.807, 2.05) is 19.1 Å². The van der Waals surface area contributed by atoms with Gasteiger partial charge in [-0.3, -0.25) is 0 Å². The topological polar surface area (TPSA) is 28.5 Å². The van der Waals surface area contributed by atoms with Crippen LogP contribution < -0.4 is 0 Å². The van der Waals surface area contributed by atoms with Crippen LogP contribution >= 0.6 is 0 Å². The fourth-order valence-corrected chi connectivity index (χ4v) is 1.65. The number of hydrogen-bond donors (Lipinski definition) is 0. The van der Waals surface area contributed by atoms with Gasteiger partial charge in [0.05, 0.1) is 0 Å². The number of pyridine rings is 1. The predicted octanol–water partition coefficient (Wildman–Crippen LogP) is 2.15. The summed E-state index contributed by atoms with van der Waals surface area (Å²) in [5.41, 5.74) is 1.14. The van der Waals surface area contributed by atoms with E-state index in [-0.39, 0.29) is 0 Å². The van der Waals surface area contributed by atoms with Gasteiger partial charge in [-0.15, -0.1) is 0 Å². The standard InChI is InChI=1S/C11H15N3/c1-9-5-3-7-12-11(9)13-10-6-4-8-14(10)2/h3,5,7H,4,6,8H2,1-2H3. The van der Waals surface area contributed by atoms with E-state index in [1.165, 1.54) is 6.42 Å². The van der Waals surface area contributed by atoms with Gasteiger partial charge in [0.1, 0.15) is 5.84 Å². The van der Waals surface area contributed by atoms with Crippen molar-refractivity contribution in [3.63, 3.8) is 0 Å². The zero-order chi connectivity index (χ0) is 9.97. The first-order chi connectivity index (χ1) is 6.77. The third kappa shape index (κ3) is 1.76. The molecule has 1 aromatic rings. The van der Waals surface area contributed by atoms with Crippen molar-refractivity contribution in [1.29, 1.82) is 0 Å². The molecule has 1 aliphatic rings. The number of rotatable bonds is 1. The molecular formula is C11H15N3. The van der Waals surface area contributed by atoms with Crippen LogP contribution in [-0.4, -0.2) is 29.3 Å². The predicted molar refractivity (Wildman–Crippen MR) is 57.9 cm³/mol. The number of amidine groups is 1. The van der Waals surface area contributed by atoms with Gasteiger partial charge in [0, 0.05) is 26.2 Å². The van der Waals surface area contributed by atoms with Crippen molar-refractivity contribution >= 4 is 11.7 Å². The average Bonchev–Trinajstić information content (AvgIpc) is 2.56. The molecule has 0 N–H and O–H groups in total. The van der Waals surface area contributed by atoms with Gasteiger partial charge in [0.2, 0.25) is 0 Å². The fourth-order valence-electron chi connectivity index (χ4n) is 1.65. The molecule has 74 valence electrons. The molecule has 14 heavy (non-hydrogen) atoms. The average molecular weight is 189 g/mol. The third-order valence-electron chi connectivity index (χ3n) is 2.55. The minimum atomic E-state index is 0.858. The number of likely N-dealkylation sites (tertiary alicyclic amines) is 1. The van der Waals surface area contributed by atoms with Gasteiger partial charge in [0.15, 0.2) is 5.82 Å². The Hall–Kier alpha value is -1.38. The van der Waals surface area contributed by atoms with Gasteiger partial charge < -0.3 is 4.90 Å². The van der Waals surface area contributed by atoms with Crippen LogP contribution in [0.3, 0.4) is 0 Å². The van der Waals surface area contributed by atoms with E-state index in [0.717, 1.165) is 30.2 Å². The summed E-state index contributed by atoms with van der Waals surface area (Å²) in [5, 5.41) is 0. The van der Waals surface area contributed by atoms with Crippen LogP contribution in [0.5, 0.6) is 0 Å². The molecule has 0 atom stereocenters. The summed E-state index contributed by atoms with van der Waals surface area (Å²) in [6.07, 6.45) is 4.08. The van der Waals surface area contributed by atoms with Crippen LogP contribution in [0.4, 0.5) is 5.82 Å². The van der Waals surface area contributed by atoms with E-state index in [4.69, 9.17) is 0 Å². The zero-order valence-electron chi connectivity index (χ0n) is 8.70. The monoisotopic (exact) mass is 189 g/mol. The minimum Gasteiger partial charge on any atom is -0.363 e. The zero-order valence-corrected chi connectivity index (χ0v) is 8.70. The van der Waals surface area contributed by atoms with Crippen molar-refractivity contribution in [2.45, 2.75) is 19.8 Å². The highest BCUT2D eigenvalue weighted by Gasteiger charge is 2.14. The summed E-state index contributed by atoms with van der Waals surface area (Å²) in [4.78, 5) is 11.0. The van der Waals surface area contributed by atoms with Crippen LogP contribution in [0.15, 0.2) is 23.3 Å². The van der Waals surface area contributed by atoms with Crippen LogP contribution in [0.2, 0.25) is 0 Å². The van der Waals surface area contributed by atoms with Crippen molar-refractivity contribution in [3.05, 3.63) is 23.9 Å². The summed E-state index contributed by atoms with van der Waals surface area (Å²) in [6.45, 7) is 3.16. The Labute approximate surface area is 84.5 Å². The summed E-state index contributed by atoms with van der Waals surface area (Å²) in [6, 6.07) is 3.98. The molecule has 0 spiro atoms. The van der Waals surface area contributed by atoms with E-state index in [9.17, 15) is 0 Å². The van der Waals surface area contributed by atoms with E-state index < -0.39 is 0 Å². The molecular weight excluding hydrogens is 174 g/mol. The molecule has 0 unspecified atom stereocenters. The number of nitrogens with zero attached hydrogens (tertiary/aromatic N) is 3. The molecule has 0 bridgehead atoms. The maximum atomic E-state index is 4.57. The lowest BCUT2D eigenvalue weighted by molar-refractivity contribution is 0.550. The Kier molecular flexibility index (Phi) is 2.48. The lowest BCUT2D eigenvalue weighted by Gasteiger charge is -2.10. The van der Waals surface area contributed by atoms with Crippen LogP contribution in [0, 0.1) is 6.92 Å². The number of aliphatic imine (C=N–C) groups is 1. The number of aromatic nitrogens is 1. The van der Waals surface area contributed by atoms with E-state index in [1.54, 1.807) is 6.20 Å². The molecule has 3 nitrogen and oxygen atoms in total. The van der Waals surface area contributed by atoms with Gasteiger partial charge >= 0.3 is 0 Å². The van der Waals surface area contributed by atoms with Crippen molar-refractivity contribution in [1.82, 2.24) is 9.88 Å². The minimum absolute atomic E-state index is 0.858. The quantitative estimate of drug-likeness (QED) is 0.677. The number of aryl methyl sites for hydroxylation is 1. The second kappa shape index (κ2) is 3.78. The molecule has 1 aliphatic heterocycles. The molecule has 1 aromatic heterocycles. The molecule has 0 aliphatic carbocycles. The first kappa shape index (κ1) is 9.19. The molecule has 0 radical (unpaired) electrons. The van der Waals surface area contributed by atoms with Gasteiger partial charge in [-0.25, -0.2) is 9.98 Å². The van der Waals surface area contributed by atoms with Gasteiger partial charge in [-0.05, 0) is 25.0 Å². The maximum absolute atomic E-state index is 4.57. The molecule has 0 saturated carbocycles. The first-order valence-corrected chi connectivity index (χ1v) is 4.97. The largest absolute Gasteiger partial charge is 0.363 e. The van der Waals surface area contributed by atoms with Crippen LogP contribution in [0.25, 0.3) is 0 Å². The molecule has 2 heterocycles. The van der Waals surface area contributed by atoms with E-state index >= 15 is 0 Å². The first-order valence-electron chi connectivity index (χ1n) is 4.97. The summed E-state index contributed by atoms with van der Waals surface area (Å²) < 4.78 is 0. The van der Waals surface area contributed by atoms with Gasteiger partial charge in [0.25, 0.3) is 0 Å². The smallest absolute Gasteiger partial charge is 0.156 e. The van der Waals surface area contributed by atoms with Crippen molar-refractivity contribution in [2.75, 3.05) is 13.6 Å². The van der Waals surface area contributed by atoms with E-state index in [2.05, 4.69) is 21.9 Å². The SMILES string of the molecule is Cc1cccnc1N=C1CCCN1C. The highest BCUT2D eigenvalue weighted by molar-refractivity contribution is 5.86. The summed E-state index contributed by atoms with van der Waals surface area (Å²) >= 11 is 0. The highest BCUT2D eigenvalue weighted by Crippen LogP contribution is 2.18. The second-order valence-corrected chi connectivity index (χ2v) is 3.70. The molecule has 0 amide bonds. The van der Waals surface area contributed by atoms with E-state index in [0.29, 0.717) is 0 Å². The molecule has 0 aromatic carbocycles. The van der Waals surface area contributed by atoms with Gasteiger partial charge in [-0.2, -0.15) is 0 Å².